The molecule has 164 valence electrons. The zero-order valence-corrected chi connectivity index (χ0v) is 18.7. The van der Waals surface area contributed by atoms with Crippen molar-refractivity contribution in [1.29, 1.82) is 0 Å². The first-order valence-electron chi connectivity index (χ1n) is 10.3. The van der Waals surface area contributed by atoms with Crippen molar-refractivity contribution in [3.05, 3.63) is 47.7 Å². The van der Waals surface area contributed by atoms with Crippen LogP contribution in [0, 0.1) is 6.92 Å². The van der Waals surface area contributed by atoms with Gasteiger partial charge in [0.1, 0.15) is 5.60 Å². The van der Waals surface area contributed by atoms with E-state index in [0.29, 0.717) is 36.4 Å². The Balaban J connectivity index is 1.71. The van der Waals surface area contributed by atoms with Crippen LogP contribution in [0.25, 0.3) is 22.3 Å². The van der Waals surface area contributed by atoms with E-state index in [1.165, 1.54) is 0 Å². The number of nitrogens with zero attached hydrogens (tertiary/aromatic N) is 3. The molecule has 0 saturated heterocycles. The molecule has 0 aliphatic heterocycles. The predicted molar refractivity (Wildman–Crippen MR) is 120 cm³/mol. The van der Waals surface area contributed by atoms with Crippen molar-refractivity contribution in [3.8, 4) is 11.3 Å². The number of nitrogens with one attached hydrogen (secondary N) is 2. The standard InChI is InChI=1S/C23H29N5O3/c1-15-19-17(21(29)24-12-9-13-25-22(30)31-23(2,3)4)14-18(16-10-7-6-8-11-16)26-20(19)28(5)27-15/h6-8,10-11,14H,9,12-13H2,1-5H3,(H,24,29)(H,25,30). The Morgan fingerprint density at radius 1 is 1.10 bits per heavy atom. The SMILES string of the molecule is Cc1nn(C)c2nc(-c3ccccc3)cc(C(=O)NCCCNC(=O)OC(C)(C)C)c12. The van der Waals surface area contributed by atoms with Gasteiger partial charge in [-0.15, -0.1) is 0 Å². The Bertz CT molecular complexity index is 1080. The number of alkyl carbamates (subject to hydrolysis) is 1. The number of ether oxygens (including phenoxy) is 1. The second-order valence-corrected chi connectivity index (χ2v) is 8.37. The van der Waals surface area contributed by atoms with Crippen LogP contribution in [0.1, 0.15) is 43.2 Å². The predicted octanol–water partition coefficient (Wildman–Crippen LogP) is 3.59. The summed E-state index contributed by atoms with van der Waals surface area (Å²) in [6.07, 6.45) is 0.115. The number of fused-ring (bicyclic) bond motifs is 1. The Kier molecular flexibility index (Phi) is 6.58. The third-order valence-corrected chi connectivity index (χ3v) is 4.59. The number of carbonyl (C=O) groups excluding carboxylic acids is 2. The van der Waals surface area contributed by atoms with Gasteiger partial charge in [-0.25, -0.2) is 9.78 Å². The van der Waals surface area contributed by atoms with Crippen LogP contribution in [0.15, 0.2) is 36.4 Å². The summed E-state index contributed by atoms with van der Waals surface area (Å²) in [5.74, 6) is -0.196. The zero-order chi connectivity index (χ0) is 22.6. The topological polar surface area (TPSA) is 98.1 Å². The average Bonchev–Trinajstić information content (AvgIpc) is 3.00. The van der Waals surface area contributed by atoms with E-state index in [0.717, 1.165) is 16.6 Å². The molecule has 31 heavy (non-hydrogen) atoms. The van der Waals surface area contributed by atoms with E-state index in [4.69, 9.17) is 9.72 Å². The Labute approximate surface area is 182 Å². The molecule has 8 nitrogen and oxygen atoms in total. The minimum absolute atomic E-state index is 0.196. The number of benzene rings is 1. The summed E-state index contributed by atoms with van der Waals surface area (Å²) < 4.78 is 6.89. The molecule has 0 radical (unpaired) electrons. The molecule has 0 aliphatic carbocycles. The number of amides is 2. The molecule has 2 aromatic heterocycles. The second kappa shape index (κ2) is 9.16. The summed E-state index contributed by atoms with van der Waals surface area (Å²) >= 11 is 0. The fourth-order valence-electron chi connectivity index (χ4n) is 3.27. The third kappa shape index (κ3) is 5.59. The van der Waals surface area contributed by atoms with Gasteiger partial charge in [-0.2, -0.15) is 5.10 Å². The fourth-order valence-corrected chi connectivity index (χ4v) is 3.27. The van der Waals surface area contributed by atoms with Crippen molar-refractivity contribution in [2.24, 2.45) is 7.05 Å². The molecule has 0 aliphatic rings. The largest absolute Gasteiger partial charge is 0.444 e. The fraction of sp³-hybridized carbons (Fsp3) is 0.391. The highest BCUT2D eigenvalue weighted by Crippen LogP contribution is 2.26. The first-order valence-corrected chi connectivity index (χ1v) is 10.3. The maximum atomic E-state index is 13.0. The molecule has 2 N–H and O–H groups in total. The molecular weight excluding hydrogens is 394 g/mol. The summed E-state index contributed by atoms with van der Waals surface area (Å²) in [6.45, 7) is 8.12. The first-order chi connectivity index (χ1) is 14.7. The summed E-state index contributed by atoms with van der Waals surface area (Å²) in [5, 5.41) is 10.8. The van der Waals surface area contributed by atoms with Gasteiger partial charge in [0.2, 0.25) is 0 Å². The number of aryl methyl sites for hydroxylation is 2. The van der Waals surface area contributed by atoms with Crippen molar-refractivity contribution >= 4 is 23.0 Å². The molecule has 3 aromatic rings. The molecular formula is C23H29N5O3. The van der Waals surface area contributed by atoms with Crippen LogP contribution >= 0.6 is 0 Å². The van der Waals surface area contributed by atoms with Gasteiger partial charge in [-0.05, 0) is 40.2 Å². The average molecular weight is 424 g/mol. The van der Waals surface area contributed by atoms with Crippen molar-refractivity contribution < 1.29 is 14.3 Å². The van der Waals surface area contributed by atoms with Gasteiger partial charge < -0.3 is 15.4 Å². The van der Waals surface area contributed by atoms with E-state index in [9.17, 15) is 9.59 Å². The van der Waals surface area contributed by atoms with Crippen LogP contribution in [0.2, 0.25) is 0 Å². The molecule has 0 unspecified atom stereocenters. The van der Waals surface area contributed by atoms with Gasteiger partial charge in [0, 0.05) is 25.7 Å². The van der Waals surface area contributed by atoms with Crippen molar-refractivity contribution in [2.45, 2.75) is 39.7 Å². The maximum Gasteiger partial charge on any atom is 0.407 e. The summed E-state index contributed by atoms with van der Waals surface area (Å²) in [7, 11) is 1.82. The van der Waals surface area contributed by atoms with Gasteiger partial charge in [-0.3, -0.25) is 9.48 Å². The lowest BCUT2D eigenvalue weighted by Gasteiger charge is -2.19. The van der Waals surface area contributed by atoms with Crippen LogP contribution in [0.4, 0.5) is 4.79 Å². The third-order valence-electron chi connectivity index (χ3n) is 4.59. The summed E-state index contributed by atoms with van der Waals surface area (Å²) in [5.41, 5.74) is 3.06. The van der Waals surface area contributed by atoms with E-state index < -0.39 is 11.7 Å². The van der Waals surface area contributed by atoms with Crippen molar-refractivity contribution in [1.82, 2.24) is 25.4 Å². The van der Waals surface area contributed by atoms with E-state index in [1.807, 2.05) is 65.1 Å². The zero-order valence-electron chi connectivity index (χ0n) is 18.7. The highest BCUT2D eigenvalue weighted by Gasteiger charge is 2.19. The van der Waals surface area contributed by atoms with Gasteiger partial charge in [-0.1, -0.05) is 30.3 Å². The van der Waals surface area contributed by atoms with E-state index in [2.05, 4.69) is 15.7 Å². The van der Waals surface area contributed by atoms with Gasteiger partial charge in [0.05, 0.1) is 22.3 Å². The van der Waals surface area contributed by atoms with Crippen LogP contribution in [0.3, 0.4) is 0 Å². The van der Waals surface area contributed by atoms with Crippen LogP contribution in [-0.4, -0.2) is 45.5 Å². The molecule has 0 fully saturated rings. The molecule has 2 heterocycles. The molecule has 0 bridgehead atoms. The molecule has 2 amide bonds. The number of hydrogen-bond donors (Lipinski definition) is 2. The number of pyridine rings is 1. The molecule has 8 heteroatoms. The Morgan fingerprint density at radius 2 is 1.77 bits per heavy atom. The lowest BCUT2D eigenvalue weighted by Crippen LogP contribution is -2.34. The molecule has 1 aromatic carbocycles. The molecule has 0 saturated carbocycles. The van der Waals surface area contributed by atoms with E-state index in [1.54, 1.807) is 10.7 Å². The number of aromatic nitrogens is 3. The number of hydrogen-bond acceptors (Lipinski definition) is 5. The summed E-state index contributed by atoms with van der Waals surface area (Å²) in [6, 6.07) is 11.5. The number of carbonyl (C=O) groups is 2. The van der Waals surface area contributed by atoms with Crippen molar-refractivity contribution in [2.75, 3.05) is 13.1 Å². The highest BCUT2D eigenvalue weighted by atomic mass is 16.6. The molecule has 0 spiro atoms. The summed E-state index contributed by atoms with van der Waals surface area (Å²) in [4.78, 5) is 29.4. The van der Waals surface area contributed by atoms with Gasteiger partial charge >= 0.3 is 6.09 Å². The quantitative estimate of drug-likeness (QED) is 0.591. The van der Waals surface area contributed by atoms with E-state index in [-0.39, 0.29) is 5.91 Å². The van der Waals surface area contributed by atoms with Crippen LogP contribution < -0.4 is 10.6 Å². The van der Waals surface area contributed by atoms with Crippen LogP contribution in [-0.2, 0) is 11.8 Å². The highest BCUT2D eigenvalue weighted by molar-refractivity contribution is 6.07. The first kappa shape index (κ1) is 22.3. The minimum Gasteiger partial charge on any atom is -0.444 e. The van der Waals surface area contributed by atoms with Gasteiger partial charge in [0.25, 0.3) is 5.91 Å². The van der Waals surface area contributed by atoms with Gasteiger partial charge in [0.15, 0.2) is 5.65 Å². The lowest BCUT2D eigenvalue weighted by atomic mass is 10.0. The Hall–Kier alpha value is -3.42. The van der Waals surface area contributed by atoms with Crippen LogP contribution in [0.5, 0.6) is 0 Å². The molecule has 3 rings (SSSR count). The monoisotopic (exact) mass is 423 g/mol. The Morgan fingerprint density at radius 3 is 2.45 bits per heavy atom. The molecule has 0 atom stereocenters. The smallest absolute Gasteiger partial charge is 0.407 e. The van der Waals surface area contributed by atoms with E-state index >= 15 is 0 Å². The minimum atomic E-state index is -0.539. The second-order valence-electron chi connectivity index (χ2n) is 8.37. The van der Waals surface area contributed by atoms with Crippen molar-refractivity contribution in [3.63, 3.8) is 0 Å². The lowest BCUT2D eigenvalue weighted by molar-refractivity contribution is 0.0527. The number of rotatable bonds is 6. The maximum absolute atomic E-state index is 13.0. The normalized spacial score (nSPS) is 11.4.